The van der Waals surface area contributed by atoms with Gasteiger partial charge in [-0.1, -0.05) is 35.3 Å². The van der Waals surface area contributed by atoms with Crippen molar-refractivity contribution in [3.8, 4) is 0 Å². The highest BCUT2D eigenvalue weighted by atomic mass is 35.5. The summed E-state index contributed by atoms with van der Waals surface area (Å²) in [4.78, 5) is 11.1. The summed E-state index contributed by atoms with van der Waals surface area (Å²) >= 11 is 11.6. The first-order valence-corrected chi connectivity index (χ1v) is 5.60. The Hall–Kier alpha value is -0.990. The van der Waals surface area contributed by atoms with E-state index >= 15 is 0 Å². The molecule has 0 aromatic heterocycles. The normalized spacial score (nSPS) is 12.1. The zero-order valence-corrected chi connectivity index (χ0v) is 10.1. The van der Waals surface area contributed by atoms with Gasteiger partial charge in [0, 0.05) is 0 Å². The lowest BCUT2D eigenvalue weighted by Crippen LogP contribution is -2.11. The van der Waals surface area contributed by atoms with Gasteiger partial charge in [-0.2, -0.15) is 0 Å². The molecule has 0 bridgehead atoms. The summed E-state index contributed by atoms with van der Waals surface area (Å²) in [7, 11) is 0. The van der Waals surface area contributed by atoms with Gasteiger partial charge in [0.15, 0.2) is 0 Å². The summed E-state index contributed by atoms with van der Waals surface area (Å²) in [5.74, 6) is -1.42. The molecule has 0 heterocycles. The van der Waals surface area contributed by atoms with E-state index in [1.54, 1.807) is 24.3 Å². The van der Waals surface area contributed by atoms with Crippen LogP contribution in [0, 0.1) is 0 Å². The van der Waals surface area contributed by atoms with Crippen molar-refractivity contribution >= 4 is 29.2 Å². The van der Waals surface area contributed by atoms with Crippen LogP contribution in [0.4, 0.5) is 0 Å². The Labute approximate surface area is 104 Å². The number of halogens is 2. The second-order valence-electron chi connectivity index (χ2n) is 3.43. The Balaban J connectivity index is 2.96. The van der Waals surface area contributed by atoms with E-state index in [4.69, 9.17) is 28.3 Å². The molecule has 0 radical (unpaired) electrons. The molecule has 1 rings (SSSR count). The fraction of sp³-hybridized carbons (Fsp3) is 0.250. The van der Waals surface area contributed by atoms with Gasteiger partial charge in [-0.15, -0.1) is 6.58 Å². The summed E-state index contributed by atoms with van der Waals surface area (Å²) < 4.78 is 0. The first-order chi connectivity index (χ1) is 7.56. The second-order valence-corrected chi connectivity index (χ2v) is 4.24. The Morgan fingerprint density at radius 2 is 2.12 bits per heavy atom. The molecule has 0 aliphatic carbocycles. The molecule has 16 heavy (non-hydrogen) atoms. The van der Waals surface area contributed by atoms with Crippen LogP contribution in [0.1, 0.15) is 24.3 Å². The zero-order valence-electron chi connectivity index (χ0n) is 8.62. The number of aliphatic carboxylic acids is 1. The van der Waals surface area contributed by atoms with Crippen molar-refractivity contribution in [3.63, 3.8) is 0 Å². The topological polar surface area (TPSA) is 37.3 Å². The molecule has 0 saturated carbocycles. The van der Waals surface area contributed by atoms with Gasteiger partial charge in [-0.25, -0.2) is 0 Å². The summed E-state index contributed by atoms with van der Waals surface area (Å²) in [6, 6.07) is 4.91. The quantitative estimate of drug-likeness (QED) is 0.807. The van der Waals surface area contributed by atoms with Crippen LogP contribution in [0.5, 0.6) is 0 Å². The van der Waals surface area contributed by atoms with Gasteiger partial charge < -0.3 is 5.11 Å². The first-order valence-electron chi connectivity index (χ1n) is 4.85. The third-order valence-corrected chi connectivity index (χ3v) is 3.04. The second kappa shape index (κ2) is 5.92. The molecule has 1 N–H and O–H groups in total. The Morgan fingerprint density at radius 1 is 1.44 bits per heavy atom. The predicted molar refractivity (Wildman–Crippen MR) is 66.3 cm³/mol. The van der Waals surface area contributed by atoms with Crippen LogP contribution in [0.15, 0.2) is 30.9 Å². The number of carboxylic acid groups (broad SMARTS) is 1. The van der Waals surface area contributed by atoms with E-state index in [1.807, 2.05) is 0 Å². The lowest BCUT2D eigenvalue weighted by molar-refractivity contribution is -0.138. The third kappa shape index (κ3) is 3.26. The number of rotatable bonds is 5. The number of hydrogen-bond donors (Lipinski definition) is 1. The van der Waals surface area contributed by atoms with Gasteiger partial charge in [0.1, 0.15) is 0 Å². The molecule has 0 fully saturated rings. The maximum Gasteiger partial charge on any atom is 0.310 e. The van der Waals surface area contributed by atoms with E-state index in [9.17, 15) is 4.79 Å². The van der Waals surface area contributed by atoms with Gasteiger partial charge in [0.2, 0.25) is 0 Å². The molecule has 1 unspecified atom stereocenters. The average molecular weight is 259 g/mol. The van der Waals surface area contributed by atoms with E-state index in [0.29, 0.717) is 28.5 Å². The van der Waals surface area contributed by atoms with Gasteiger partial charge in [0.05, 0.1) is 16.0 Å². The SMILES string of the molecule is C=CCCC(C(=O)O)c1ccc(Cl)c(Cl)c1. The van der Waals surface area contributed by atoms with Crippen LogP contribution < -0.4 is 0 Å². The van der Waals surface area contributed by atoms with Crippen molar-refractivity contribution in [2.45, 2.75) is 18.8 Å². The predicted octanol–water partition coefficient (Wildman–Crippen LogP) is 4.13. The Bertz CT molecular complexity index is 402. The van der Waals surface area contributed by atoms with E-state index in [2.05, 4.69) is 6.58 Å². The summed E-state index contributed by atoms with van der Waals surface area (Å²) in [5.41, 5.74) is 0.670. The molecule has 1 aromatic rings. The minimum Gasteiger partial charge on any atom is -0.481 e. The highest BCUT2D eigenvalue weighted by molar-refractivity contribution is 6.42. The highest BCUT2D eigenvalue weighted by Gasteiger charge is 2.19. The maximum absolute atomic E-state index is 11.1. The molecule has 1 aromatic carbocycles. The lowest BCUT2D eigenvalue weighted by atomic mass is 9.94. The minimum absolute atomic E-state index is 0.379. The molecular weight excluding hydrogens is 247 g/mol. The van der Waals surface area contributed by atoms with E-state index in [-0.39, 0.29) is 0 Å². The molecule has 1 atom stereocenters. The smallest absolute Gasteiger partial charge is 0.310 e. The molecule has 4 heteroatoms. The largest absolute Gasteiger partial charge is 0.481 e. The average Bonchev–Trinajstić information content (AvgIpc) is 2.23. The van der Waals surface area contributed by atoms with Crippen molar-refractivity contribution in [2.24, 2.45) is 0 Å². The summed E-state index contributed by atoms with van der Waals surface area (Å²) in [5, 5.41) is 9.91. The molecule has 86 valence electrons. The Morgan fingerprint density at radius 3 is 2.62 bits per heavy atom. The van der Waals surface area contributed by atoms with Crippen LogP contribution in [0.2, 0.25) is 10.0 Å². The number of carbonyl (C=O) groups is 1. The fourth-order valence-corrected chi connectivity index (χ4v) is 1.75. The first kappa shape index (κ1) is 13.1. The van der Waals surface area contributed by atoms with Gasteiger partial charge in [-0.3, -0.25) is 4.79 Å². The van der Waals surface area contributed by atoms with Crippen LogP contribution in [0.3, 0.4) is 0 Å². The lowest BCUT2D eigenvalue weighted by Gasteiger charge is -2.12. The van der Waals surface area contributed by atoms with Crippen LogP contribution >= 0.6 is 23.2 Å². The zero-order chi connectivity index (χ0) is 12.1. The number of carboxylic acids is 1. The van der Waals surface area contributed by atoms with Crippen molar-refractivity contribution in [2.75, 3.05) is 0 Å². The van der Waals surface area contributed by atoms with Gasteiger partial charge >= 0.3 is 5.97 Å². The minimum atomic E-state index is -0.861. The molecule has 0 spiro atoms. The van der Waals surface area contributed by atoms with Crippen molar-refractivity contribution in [3.05, 3.63) is 46.5 Å². The standard InChI is InChI=1S/C12H12Cl2O2/c1-2-3-4-9(12(15)16)8-5-6-10(13)11(14)7-8/h2,5-7,9H,1,3-4H2,(H,15,16). The Kier molecular flexibility index (Phi) is 4.84. The maximum atomic E-state index is 11.1. The van der Waals surface area contributed by atoms with E-state index in [0.717, 1.165) is 0 Å². The number of benzene rings is 1. The number of hydrogen-bond acceptors (Lipinski definition) is 1. The highest BCUT2D eigenvalue weighted by Crippen LogP contribution is 2.29. The third-order valence-electron chi connectivity index (χ3n) is 2.30. The molecule has 0 amide bonds. The molecule has 0 saturated heterocycles. The van der Waals surface area contributed by atoms with E-state index in [1.165, 1.54) is 0 Å². The summed E-state index contributed by atoms with van der Waals surface area (Å²) in [6.45, 7) is 3.58. The fourth-order valence-electron chi connectivity index (χ4n) is 1.45. The van der Waals surface area contributed by atoms with Gasteiger partial charge in [0.25, 0.3) is 0 Å². The van der Waals surface area contributed by atoms with Crippen molar-refractivity contribution < 1.29 is 9.90 Å². The monoisotopic (exact) mass is 258 g/mol. The summed E-state index contributed by atoms with van der Waals surface area (Å²) in [6.07, 6.45) is 2.86. The van der Waals surface area contributed by atoms with Crippen molar-refractivity contribution in [1.82, 2.24) is 0 Å². The van der Waals surface area contributed by atoms with Crippen LogP contribution in [-0.2, 0) is 4.79 Å². The van der Waals surface area contributed by atoms with E-state index < -0.39 is 11.9 Å². The van der Waals surface area contributed by atoms with Crippen LogP contribution in [0.25, 0.3) is 0 Å². The van der Waals surface area contributed by atoms with Gasteiger partial charge in [-0.05, 0) is 30.5 Å². The molecule has 2 nitrogen and oxygen atoms in total. The number of allylic oxidation sites excluding steroid dienone is 1. The molecule has 0 aliphatic heterocycles. The van der Waals surface area contributed by atoms with Crippen molar-refractivity contribution in [1.29, 1.82) is 0 Å². The molecular formula is C12H12Cl2O2. The molecule has 0 aliphatic rings. The van der Waals surface area contributed by atoms with Crippen LogP contribution in [-0.4, -0.2) is 11.1 Å².